The monoisotopic (exact) mass is 598 g/mol. The Bertz CT molecular complexity index is 1540. The molecule has 0 atom stereocenters. The molecule has 0 radical (unpaired) electrons. The second kappa shape index (κ2) is 10.6. The second-order valence-corrected chi connectivity index (χ2v) is 10.5. The third-order valence-corrected chi connectivity index (χ3v) is 7.35. The lowest BCUT2D eigenvalue weighted by molar-refractivity contribution is 0.290. The topological polar surface area (TPSA) is 52.3 Å². The summed E-state index contributed by atoms with van der Waals surface area (Å²) < 4.78 is 21.8. The van der Waals surface area contributed by atoms with Crippen molar-refractivity contribution in [2.24, 2.45) is 5.10 Å². The largest absolute Gasteiger partial charge is 0.484 e. The second-order valence-electron chi connectivity index (χ2n) is 7.43. The summed E-state index contributed by atoms with van der Waals surface area (Å²) in [5, 5.41) is 15.3. The van der Waals surface area contributed by atoms with Crippen molar-refractivity contribution >= 4 is 81.6 Å². The Labute approximate surface area is 234 Å². The fraction of sp³-hybridized carbons (Fsp3) is 0.0417. The first kappa shape index (κ1) is 25.4. The summed E-state index contributed by atoms with van der Waals surface area (Å²) in [6, 6.07) is 14.7. The zero-order valence-corrected chi connectivity index (χ0v) is 22.4. The number of fused-ring (bicyclic) bond motifs is 1. The minimum absolute atomic E-state index is 0.0185. The number of benzene rings is 3. The number of ether oxygens (including phenoxy) is 1. The molecule has 182 valence electrons. The molecule has 0 aliphatic carbocycles. The van der Waals surface area contributed by atoms with Crippen LogP contribution in [0.15, 0.2) is 69.8 Å². The van der Waals surface area contributed by atoms with Gasteiger partial charge in [0.1, 0.15) is 23.9 Å². The van der Waals surface area contributed by atoms with Gasteiger partial charge in [-0.1, -0.05) is 70.1 Å². The summed E-state index contributed by atoms with van der Waals surface area (Å²) in [5.41, 5.74) is 1.63. The van der Waals surface area contributed by atoms with Crippen LogP contribution in [0.3, 0.4) is 0 Å². The number of rotatable bonds is 5. The van der Waals surface area contributed by atoms with E-state index in [1.165, 1.54) is 28.6 Å². The van der Waals surface area contributed by atoms with Crippen molar-refractivity contribution in [2.75, 3.05) is 0 Å². The molecular formula is C24H12Cl5FN4OS. The fourth-order valence-corrected chi connectivity index (χ4v) is 5.29. The lowest BCUT2D eigenvalue weighted by Crippen LogP contribution is -2.15. The zero-order chi connectivity index (χ0) is 25.4. The van der Waals surface area contributed by atoms with Gasteiger partial charge in [0.15, 0.2) is 5.82 Å². The van der Waals surface area contributed by atoms with Crippen molar-refractivity contribution in [3.63, 3.8) is 0 Å². The molecule has 12 heteroatoms. The Morgan fingerprint density at radius 1 is 0.861 bits per heavy atom. The van der Waals surface area contributed by atoms with Crippen LogP contribution in [0.2, 0.25) is 25.1 Å². The van der Waals surface area contributed by atoms with Gasteiger partial charge in [-0.25, -0.2) is 4.39 Å². The van der Waals surface area contributed by atoms with Gasteiger partial charge in [-0.2, -0.15) is 9.78 Å². The molecule has 2 heterocycles. The van der Waals surface area contributed by atoms with Crippen molar-refractivity contribution in [3.8, 4) is 5.75 Å². The number of halogens is 6. The van der Waals surface area contributed by atoms with E-state index in [4.69, 9.17) is 67.8 Å². The van der Waals surface area contributed by atoms with Crippen LogP contribution in [-0.2, 0) is 6.61 Å². The molecule has 0 N–H and O–H groups in total. The number of allylic oxidation sites excluding steroid dienone is 1. The van der Waals surface area contributed by atoms with E-state index in [0.717, 1.165) is 5.56 Å². The molecule has 0 spiro atoms. The minimum Gasteiger partial charge on any atom is -0.484 e. The molecule has 0 amide bonds. The van der Waals surface area contributed by atoms with E-state index in [2.05, 4.69) is 10.2 Å². The van der Waals surface area contributed by atoms with Crippen molar-refractivity contribution < 1.29 is 9.13 Å². The Balaban J connectivity index is 1.56. The first-order valence-corrected chi connectivity index (χ1v) is 12.9. The van der Waals surface area contributed by atoms with E-state index in [1.807, 2.05) is 18.2 Å². The predicted molar refractivity (Wildman–Crippen MR) is 144 cm³/mol. The zero-order valence-electron chi connectivity index (χ0n) is 17.9. The first-order chi connectivity index (χ1) is 17.3. The average molecular weight is 601 g/mol. The number of thioether (sulfide) groups is 1. The molecule has 3 aromatic carbocycles. The van der Waals surface area contributed by atoms with Gasteiger partial charge in [0, 0.05) is 20.5 Å². The van der Waals surface area contributed by atoms with E-state index in [-0.39, 0.29) is 16.7 Å². The minimum atomic E-state index is -0.620. The Morgan fingerprint density at radius 3 is 2.36 bits per heavy atom. The molecule has 1 aliphatic heterocycles. The number of hydrogen-bond donors (Lipinski definition) is 0. The number of hydrogen-bond acceptors (Lipinski definition) is 5. The van der Waals surface area contributed by atoms with Crippen LogP contribution >= 0.6 is 69.8 Å². The van der Waals surface area contributed by atoms with Crippen LogP contribution < -0.4 is 4.74 Å². The standard InChI is InChI=1S/C24H12Cl5FN4OS/c25-13-3-1-12(2-4-13)7-21-23(15-9-19(30)17(28)10-16(15)27)33-34-22(31-32-24(34)36-21)11-35-20-6-5-14(26)8-18(20)29/h1-10H,11H2/b21-7-. The summed E-state index contributed by atoms with van der Waals surface area (Å²) in [6.07, 6.45) is 1.88. The highest BCUT2D eigenvalue weighted by Crippen LogP contribution is 2.38. The van der Waals surface area contributed by atoms with E-state index < -0.39 is 5.82 Å². The summed E-state index contributed by atoms with van der Waals surface area (Å²) in [5.74, 6) is 0.208. The van der Waals surface area contributed by atoms with Gasteiger partial charge in [-0.3, -0.25) is 0 Å². The molecular weight excluding hydrogens is 589 g/mol. The molecule has 0 saturated carbocycles. The van der Waals surface area contributed by atoms with Gasteiger partial charge in [0.05, 0.1) is 15.1 Å². The molecule has 0 fully saturated rings. The summed E-state index contributed by atoms with van der Waals surface area (Å²) in [7, 11) is 0. The summed E-state index contributed by atoms with van der Waals surface area (Å²) in [4.78, 5) is 0.675. The molecule has 1 aliphatic rings. The van der Waals surface area contributed by atoms with Gasteiger partial charge in [0.2, 0.25) is 5.16 Å². The maximum atomic E-state index is 14.4. The van der Waals surface area contributed by atoms with Crippen LogP contribution in [0.5, 0.6) is 5.75 Å². The lowest BCUT2D eigenvalue weighted by atomic mass is 10.1. The Kier molecular flexibility index (Phi) is 7.49. The van der Waals surface area contributed by atoms with Crippen LogP contribution in [0.1, 0.15) is 17.0 Å². The van der Waals surface area contributed by atoms with Crippen LogP contribution in [0.25, 0.3) is 6.08 Å². The van der Waals surface area contributed by atoms with Gasteiger partial charge in [-0.15, -0.1) is 10.2 Å². The highest BCUT2D eigenvalue weighted by Gasteiger charge is 2.27. The smallest absolute Gasteiger partial charge is 0.217 e. The predicted octanol–water partition coefficient (Wildman–Crippen LogP) is 8.66. The molecule has 0 saturated heterocycles. The maximum absolute atomic E-state index is 14.4. The van der Waals surface area contributed by atoms with E-state index in [1.54, 1.807) is 30.3 Å². The number of nitrogens with zero attached hydrogens (tertiary/aromatic N) is 4. The van der Waals surface area contributed by atoms with Crippen LogP contribution in [0, 0.1) is 5.82 Å². The highest BCUT2D eigenvalue weighted by molar-refractivity contribution is 8.04. The molecule has 4 aromatic rings. The van der Waals surface area contributed by atoms with Crippen molar-refractivity contribution in [1.29, 1.82) is 0 Å². The maximum Gasteiger partial charge on any atom is 0.217 e. The average Bonchev–Trinajstić information content (AvgIpc) is 3.23. The Hall–Kier alpha value is -2.26. The van der Waals surface area contributed by atoms with Gasteiger partial charge in [0.25, 0.3) is 0 Å². The first-order valence-electron chi connectivity index (χ1n) is 10.2. The molecule has 36 heavy (non-hydrogen) atoms. The SMILES string of the molecule is Fc1cc(C2=Nn3c(COc4ccc(Cl)cc4Cl)nnc3S/C2=C\c2ccc(Cl)cc2)c(Cl)cc1Cl. The van der Waals surface area contributed by atoms with E-state index >= 15 is 0 Å². The van der Waals surface area contributed by atoms with E-state index in [0.29, 0.717) is 48.0 Å². The summed E-state index contributed by atoms with van der Waals surface area (Å²) >= 11 is 31.9. The van der Waals surface area contributed by atoms with Gasteiger partial charge in [-0.05, 0) is 65.9 Å². The lowest BCUT2D eigenvalue weighted by Gasteiger charge is -2.18. The van der Waals surface area contributed by atoms with Gasteiger partial charge < -0.3 is 4.74 Å². The molecule has 0 bridgehead atoms. The molecule has 0 unspecified atom stereocenters. The van der Waals surface area contributed by atoms with Crippen LogP contribution in [-0.4, -0.2) is 20.6 Å². The third kappa shape index (κ3) is 5.37. The van der Waals surface area contributed by atoms with E-state index in [9.17, 15) is 4.39 Å². The normalized spacial score (nSPS) is 14.1. The third-order valence-electron chi connectivity index (χ3n) is 4.99. The highest BCUT2D eigenvalue weighted by atomic mass is 35.5. The fourth-order valence-electron chi connectivity index (χ4n) is 3.28. The van der Waals surface area contributed by atoms with Crippen molar-refractivity contribution in [1.82, 2.24) is 14.9 Å². The molecule has 5 rings (SSSR count). The Morgan fingerprint density at radius 2 is 1.61 bits per heavy atom. The molecule has 5 nitrogen and oxygen atoms in total. The number of aromatic nitrogens is 3. The van der Waals surface area contributed by atoms with Gasteiger partial charge >= 0.3 is 0 Å². The van der Waals surface area contributed by atoms with Crippen molar-refractivity contribution in [2.45, 2.75) is 11.8 Å². The van der Waals surface area contributed by atoms with Crippen LogP contribution in [0.4, 0.5) is 4.39 Å². The quantitative estimate of drug-likeness (QED) is 0.215. The summed E-state index contributed by atoms with van der Waals surface area (Å²) in [6.45, 7) is 0.0185. The molecule has 1 aromatic heterocycles. The van der Waals surface area contributed by atoms with Crippen molar-refractivity contribution in [3.05, 3.63) is 107 Å².